The van der Waals surface area contributed by atoms with Crippen molar-refractivity contribution in [2.45, 2.75) is 39.5 Å². The van der Waals surface area contributed by atoms with Crippen molar-refractivity contribution in [3.8, 4) is 5.75 Å². The van der Waals surface area contributed by atoms with E-state index >= 15 is 0 Å². The van der Waals surface area contributed by atoms with Gasteiger partial charge in [0.05, 0.1) is 0 Å². The summed E-state index contributed by atoms with van der Waals surface area (Å²) in [5.74, 6) is 0.225. The van der Waals surface area contributed by atoms with Crippen LogP contribution in [0.25, 0.3) is 0 Å². The third kappa shape index (κ3) is 3.93. The molecule has 88 valence electrons. The van der Waals surface area contributed by atoms with E-state index in [2.05, 4.69) is 12.2 Å². The van der Waals surface area contributed by atoms with Crippen LogP contribution in [0, 0.1) is 6.92 Å². The summed E-state index contributed by atoms with van der Waals surface area (Å²) in [5.41, 5.74) is 1.47. The minimum atomic E-state index is 0.0108. The molecule has 1 aromatic carbocycles. The monoisotopic (exact) mass is 221 g/mol. The number of hydrogen-bond donors (Lipinski definition) is 2. The number of aryl methyl sites for hydroxylation is 1. The summed E-state index contributed by atoms with van der Waals surface area (Å²) in [6.07, 6.45) is 3.65. The first kappa shape index (κ1) is 12.6. The Balaban J connectivity index is 2.46. The Hall–Kier alpha value is -1.51. The van der Waals surface area contributed by atoms with Crippen molar-refractivity contribution < 1.29 is 9.90 Å². The molecule has 2 N–H and O–H groups in total. The highest BCUT2D eigenvalue weighted by Gasteiger charge is 2.03. The number of phenolic OH excluding ortho intramolecular Hbond substituents is 1. The minimum absolute atomic E-state index is 0.0108. The molecule has 0 unspecified atom stereocenters. The largest absolute Gasteiger partial charge is 0.508 e. The Morgan fingerprint density at radius 2 is 2.12 bits per heavy atom. The number of unbranched alkanes of at least 4 members (excludes halogenated alkanes) is 2. The number of hydrogen-bond acceptors (Lipinski definition) is 2. The van der Waals surface area contributed by atoms with Crippen LogP contribution in [0.1, 0.15) is 38.2 Å². The van der Waals surface area contributed by atoms with E-state index in [1.807, 2.05) is 6.92 Å². The van der Waals surface area contributed by atoms with Crippen LogP contribution in [0.15, 0.2) is 18.2 Å². The average Bonchev–Trinajstić information content (AvgIpc) is 2.24. The van der Waals surface area contributed by atoms with Gasteiger partial charge in [-0.3, -0.25) is 4.79 Å². The number of nitrogens with one attached hydrogen (secondary N) is 1. The van der Waals surface area contributed by atoms with Gasteiger partial charge in [-0.15, -0.1) is 0 Å². The Kier molecular flexibility index (Phi) is 4.83. The predicted molar refractivity (Wildman–Crippen MR) is 65.6 cm³/mol. The molecule has 0 radical (unpaired) electrons. The van der Waals surface area contributed by atoms with Gasteiger partial charge in [0.15, 0.2) is 0 Å². The fourth-order valence-electron chi connectivity index (χ4n) is 1.45. The maximum atomic E-state index is 11.5. The zero-order valence-electron chi connectivity index (χ0n) is 9.92. The summed E-state index contributed by atoms with van der Waals surface area (Å²) in [6.45, 7) is 3.93. The molecule has 3 heteroatoms. The van der Waals surface area contributed by atoms with Crippen LogP contribution in [0.5, 0.6) is 5.75 Å². The molecule has 0 bridgehead atoms. The highest BCUT2D eigenvalue weighted by molar-refractivity contribution is 5.90. The van der Waals surface area contributed by atoms with E-state index in [9.17, 15) is 9.90 Å². The molecule has 1 aromatic rings. The second-order valence-corrected chi connectivity index (χ2v) is 4.01. The highest BCUT2D eigenvalue weighted by atomic mass is 16.3. The number of carbonyl (C=O) groups is 1. The summed E-state index contributed by atoms with van der Waals surface area (Å²) in [7, 11) is 0. The van der Waals surface area contributed by atoms with Crippen molar-refractivity contribution >= 4 is 11.6 Å². The number of amides is 1. The van der Waals surface area contributed by atoms with Gasteiger partial charge in [0, 0.05) is 18.2 Å². The molecular weight excluding hydrogens is 202 g/mol. The highest BCUT2D eigenvalue weighted by Crippen LogP contribution is 2.20. The first-order chi connectivity index (χ1) is 7.63. The number of aromatic hydroxyl groups is 1. The summed E-state index contributed by atoms with van der Waals surface area (Å²) in [6, 6.07) is 5.16. The average molecular weight is 221 g/mol. The number of anilines is 1. The van der Waals surface area contributed by atoms with Crippen molar-refractivity contribution in [3.05, 3.63) is 23.8 Å². The lowest BCUT2D eigenvalue weighted by molar-refractivity contribution is -0.116. The molecule has 0 aliphatic rings. The summed E-state index contributed by atoms with van der Waals surface area (Å²) >= 11 is 0. The molecule has 16 heavy (non-hydrogen) atoms. The quantitative estimate of drug-likeness (QED) is 0.750. The number of benzene rings is 1. The van der Waals surface area contributed by atoms with Gasteiger partial charge in [-0.25, -0.2) is 0 Å². The van der Waals surface area contributed by atoms with Crippen LogP contribution < -0.4 is 5.32 Å². The maximum Gasteiger partial charge on any atom is 0.224 e. The Labute approximate surface area is 96.5 Å². The van der Waals surface area contributed by atoms with E-state index in [0.29, 0.717) is 12.1 Å². The zero-order chi connectivity index (χ0) is 12.0. The van der Waals surface area contributed by atoms with Crippen LogP contribution in [0.2, 0.25) is 0 Å². The third-order valence-corrected chi connectivity index (χ3v) is 2.50. The maximum absolute atomic E-state index is 11.5. The van der Waals surface area contributed by atoms with Crippen LogP contribution in [-0.2, 0) is 4.79 Å². The van der Waals surface area contributed by atoms with Gasteiger partial charge in [0.25, 0.3) is 0 Å². The molecule has 0 heterocycles. The fourth-order valence-corrected chi connectivity index (χ4v) is 1.45. The van der Waals surface area contributed by atoms with E-state index in [1.165, 1.54) is 0 Å². The van der Waals surface area contributed by atoms with Gasteiger partial charge in [0.1, 0.15) is 5.75 Å². The third-order valence-electron chi connectivity index (χ3n) is 2.50. The van der Waals surface area contributed by atoms with E-state index in [1.54, 1.807) is 18.2 Å². The van der Waals surface area contributed by atoms with Crippen molar-refractivity contribution in [2.75, 3.05) is 5.32 Å². The molecule has 0 atom stereocenters. The normalized spacial score (nSPS) is 10.1. The lowest BCUT2D eigenvalue weighted by Crippen LogP contribution is -2.10. The second kappa shape index (κ2) is 6.16. The predicted octanol–water partition coefficient (Wildman–Crippen LogP) is 3.22. The Morgan fingerprint density at radius 1 is 1.38 bits per heavy atom. The Morgan fingerprint density at radius 3 is 2.75 bits per heavy atom. The molecule has 0 fully saturated rings. The van der Waals surface area contributed by atoms with Gasteiger partial charge >= 0.3 is 0 Å². The first-order valence-electron chi connectivity index (χ1n) is 5.73. The topological polar surface area (TPSA) is 49.3 Å². The van der Waals surface area contributed by atoms with Crippen LogP contribution in [0.4, 0.5) is 5.69 Å². The van der Waals surface area contributed by atoms with E-state index in [4.69, 9.17) is 0 Å². The van der Waals surface area contributed by atoms with Crippen molar-refractivity contribution in [1.29, 1.82) is 0 Å². The van der Waals surface area contributed by atoms with Crippen LogP contribution in [-0.4, -0.2) is 11.0 Å². The minimum Gasteiger partial charge on any atom is -0.508 e. The van der Waals surface area contributed by atoms with Crippen molar-refractivity contribution in [1.82, 2.24) is 0 Å². The lowest BCUT2D eigenvalue weighted by atomic mass is 10.2. The lowest BCUT2D eigenvalue weighted by Gasteiger charge is -2.06. The number of phenols is 1. The molecule has 1 amide bonds. The first-order valence-corrected chi connectivity index (χ1v) is 5.73. The molecule has 1 rings (SSSR count). The summed E-state index contributed by atoms with van der Waals surface area (Å²) in [5, 5.41) is 12.2. The van der Waals surface area contributed by atoms with Crippen LogP contribution >= 0.6 is 0 Å². The molecule has 0 aliphatic heterocycles. The van der Waals surface area contributed by atoms with Crippen molar-refractivity contribution in [3.63, 3.8) is 0 Å². The van der Waals surface area contributed by atoms with E-state index in [0.717, 1.165) is 24.8 Å². The van der Waals surface area contributed by atoms with Crippen LogP contribution in [0.3, 0.4) is 0 Å². The smallest absolute Gasteiger partial charge is 0.224 e. The zero-order valence-corrected chi connectivity index (χ0v) is 9.92. The molecule has 0 spiro atoms. The molecular formula is C13H19NO2. The van der Waals surface area contributed by atoms with Gasteiger partial charge in [-0.1, -0.05) is 25.8 Å². The summed E-state index contributed by atoms with van der Waals surface area (Å²) < 4.78 is 0. The van der Waals surface area contributed by atoms with Gasteiger partial charge in [0.2, 0.25) is 5.91 Å². The molecule has 3 nitrogen and oxygen atoms in total. The van der Waals surface area contributed by atoms with E-state index in [-0.39, 0.29) is 11.7 Å². The Bertz CT molecular complexity index is 361. The molecule has 0 saturated heterocycles. The van der Waals surface area contributed by atoms with Gasteiger partial charge in [-0.05, 0) is 25.0 Å². The van der Waals surface area contributed by atoms with E-state index < -0.39 is 0 Å². The molecule has 0 aliphatic carbocycles. The molecule has 0 aromatic heterocycles. The SMILES string of the molecule is CCCCCC(=O)Nc1ccc(C)c(O)c1. The fraction of sp³-hybridized carbons (Fsp3) is 0.462. The summed E-state index contributed by atoms with van der Waals surface area (Å²) in [4.78, 5) is 11.5. The van der Waals surface area contributed by atoms with Crippen molar-refractivity contribution in [2.24, 2.45) is 0 Å². The number of rotatable bonds is 5. The second-order valence-electron chi connectivity index (χ2n) is 4.01. The number of carbonyl (C=O) groups excluding carboxylic acids is 1. The van der Waals surface area contributed by atoms with Gasteiger partial charge in [-0.2, -0.15) is 0 Å². The van der Waals surface area contributed by atoms with Gasteiger partial charge < -0.3 is 10.4 Å². The molecule has 0 saturated carbocycles. The standard InChI is InChI=1S/C13H19NO2/c1-3-4-5-6-13(16)14-11-8-7-10(2)12(15)9-11/h7-9,15H,3-6H2,1-2H3,(H,14,16).